The van der Waals surface area contributed by atoms with Crippen molar-refractivity contribution in [1.82, 2.24) is 0 Å². The number of ketones is 1. The van der Waals surface area contributed by atoms with Crippen LogP contribution in [-0.4, -0.2) is 12.4 Å². The standard InChI is InChI=1S/C27H25FN2O2/c1-2-32-25-10-6-3-7-20(25)27-26-23(29-21-8-4-5-9-22(21)30-27)15-18(16-24(26)31)17-11-13-19(28)14-12-17/h3-14,18,27,29-30H,2,15-16H2,1H3. The third-order valence-electron chi connectivity index (χ3n) is 6.18. The Bertz CT molecular complexity index is 1190. The van der Waals surface area contributed by atoms with Crippen LogP contribution >= 0.6 is 0 Å². The Morgan fingerprint density at radius 3 is 2.44 bits per heavy atom. The summed E-state index contributed by atoms with van der Waals surface area (Å²) < 4.78 is 19.4. The van der Waals surface area contributed by atoms with Crippen LogP contribution in [0, 0.1) is 5.82 Å². The van der Waals surface area contributed by atoms with Gasteiger partial charge in [-0.25, -0.2) is 4.39 Å². The second-order valence-electron chi connectivity index (χ2n) is 8.19. The number of hydrogen-bond acceptors (Lipinski definition) is 4. The number of para-hydroxylation sites is 3. The second-order valence-corrected chi connectivity index (χ2v) is 8.19. The van der Waals surface area contributed by atoms with Gasteiger partial charge in [-0.1, -0.05) is 42.5 Å². The Morgan fingerprint density at radius 2 is 1.66 bits per heavy atom. The summed E-state index contributed by atoms with van der Waals surface area (Å²) in [4.78, 5) is 13.6. The summed E-state index contributed by atoms with van der Waals surface area (Å²) in [5, 5.41) is 7.13. The smallest absolute Gasteiger partial charge is 0.163 e. The second kappa shape index (κ2) is 8.50. The summed E-state index contributed by atoms with van der Waals surface area (Å²) in [5.74, 6) is 0.591. The lowest BCUT2D eigenvalue weighted by molar-refractivity contribution is -0.116. The first kappa shape index (κ1) is 20.3. The van der Waals surface area contributed by atoms with Crippen LogP contribution in [0.2, 0.25) is 0 Å². The third-order valence-corrected chi connectivity index (χ3v) is 6.18. The Kier molecular flexibility index (Phi) is 5.39. The predicted molar refractivity (Wildman–Crippen MR) is 124 cm³/mol. The summed E-state index contributed by atoms with van der Waals surface area (Å²) in [5.41, 5.74) is 5.43. The van der Waals surface area contributed by atoms with Crippen LogP contribution in [0.4, 0.5) is 15.8 Å². The molecule has 162 valence electrons. The van der Waals surface area contributed by atoms with Crippen molar-refractivity contribution in [3.05, 3.63) is 101 Å². The molecule has 4 nitrogen and oxygen atoms in total. The Balaban J connectivity index is 1.62. The van der Waals surface area contributed by atoms with E-state index >= 15 is 0 Å². The number of benzene rings is 3. The molecule has 2 aliphatic rings. The van der Waals surface area contributed by atoms with Crippen LogP contribution in [0.5, 0.6) is 5.75 Å². The zero-order valence-corrected chi connectivity index (χ0v) is 17.9. The Labute approximate surface area is 187 Å². The molecule has 2 unspecified atom stereocenters. The average Bonchev–Trinajstić information content (AvgIpc) is 2.97. The van der Waals surface area contributed by atoms with Crippen LogP contribution in [-0.2, 0) is 4.79 Å². The summed E-state index contributed by atoms with van der Waals surface area (Å²) in [7, 11) is 0. The van der Waals surface area contributed by atoms with Gasteiger partial charge in [-0.05, 0) is 55.2 Å². The molecule has 0 amide bonds. The van der Waals surface area contributed by atoms with Crippen LogP contribution in [0.25, 0.3) is 0 Å². The van der Waals surface area contributed by atoms with E-state index in [4.69, 9.17) is 4.74 Å². The number of carbonyl (C=O) groups excluding carboxylic acids is 1. The van der Waals surface area contributed by atoms with Gasteiger partial charge in [0.25, 0.3) is 0 Å². The minimum absolute atomic E-state index is 0.00222. The molecular weight excluding hydrogens is 403 g/mol. The molecule has 1 heterocycles. The molecule has 32 heavy (non-hydrogen) atoms. The van der Waals surface area contributed by atoms with Crippen LogP contribution in [0.3, 0.4) is 0 Å². The van der Waals surface area contributed by atoms with Crippen molar-refractivity contribution in [1.29, 1.82) is 0 Å². The number of rotatable bonds is 4. The number of nitrogens with one attached hydrogen (secondary N) is 2. The molecule has 5 rings (SSSR count). The molecule has 0 spiro atoms. The lowest BCUT2D eigenvalue weighted by Crippen LogP contribution is -2.27. The fourth-order valence-corrected chi connectivity index (χ4v) is 4.70. The van der Waals surface area contributed by atoms with Crippen molar-refractivity contribution in [2.24, 2.45) is 0 Å². The molecule has 2 atom stereocenters. The molecule has 0 saturated carbocycles. The highest BCUT2D eigenvalue weighted by molar-refractivity contribution is 6.01. The SMILES string of the molecule is CCOc1ccccc1C1Nc2ccccc2NC2=C1C(=O)CC(c1ccc(F)cc1)C2. The van der Waals surface area contributed by atoms with Gasteiger partial charge >= 0.3 is 0 Å². The molecule has 0 fully saturated rings. The van der Waals surface area contributed by atoms with E-state index in [1.54, 1.807) is 12.1 Å². The summed E-state index contributed by atoms with van der Waals surface area (Å²) in [6.45, 7) is 2.50. The highest BCUT2D eigenvalue weighted by Gasteiger charge is 2.37. The Morgan fingerprint density at radius 1 is 0.938 bits per heavy atom. The molecule has 1 aliphatic carbocycles. The van der Waals surface area contributed by atoms with Crippen molar-refractivity contribution in [2.75, 3.05) is 17.2 Å². The topological polar surface area (TPSA) is 50.4 Å². The largest absolute Gasteiger partial charge is 0.494 e. The molecule has 1 aliphatic heterocycles. The first-order valence-electron chi connectivity index (χ1n) is 11.0. The number of Topliss-reactive ketones (excluding diaryl/α,β-unsaturated/α-hetero) is 1. The van der Waals surface area contributed by atoms with Crippen LogP contribution in [0.1, 0.15) is 42.9 Å². The monoisotopic (exact) mass is 428 g/mol. The maximum absolute atomic E-state index is 13.6. The maximum atomic E-state index is 13.6. The van der Waals surface area contributed by atoms with Gasteiger partial charge in [-0.2, -0.15) is 0 Å². The van der Waals surface area contributed by atoms with E-state index in [1.807, 2.05) is 55.5 Å². The lowest BCUT2D eigenvalue weighted by Gasteiger charge is -2.30. The molecule has 5 heteroatoms. The van der Waals surface area contributed by atoms with Gasteiger partial charge < -0.3 is 15.4 Å². The quantitative estimate of drug-likeness (QED) is 0.519. The number of allylic oxidation sites excluding steroid dienone is 1. The highest BCUT2D eigenvalue weighted by Crippen LogP contribution is 2.45. The van der Waals surface area contributed by atoms with Gasteiger partial charge in [0.2, 0.25) is 0 Å². The van der Waals surface area contributed by atoms with E-state index in [9.17, 15) is 9.18 Å². The minimum Gasteiger partial charge on any atom is -0.494 e. The summed E-state index contributed by atoms with van der Waals surface area (Å²) >= 11 is 0. The molecule has 0 aromatic heterocycles. The molecule has 2 N–H and O–H groups in total. The number of ether oxygens (including phenoxy) is 1. The van der Waals surface area contributed by atoms with E-state index < -0.39 is 0 Å². The van der Waals surface area contributed by atoms with Gasteiger partial charge in [0.15, 0.2) is 5.78 Å². The fraction of sp³-hybridized carbons (Fsp3) is 0.222. The molecule has 0 bridgehead atoms. The van der Waals surface area contributed by atoms with E-state index in [0.29, 0.717) is 19.4 Å². The van der Waals surface area contributed by atoms with Crippen molar-refractivity contribution in [2.45, 2.75) is 31.7 Å². The van der Waals surface area contributed by atoms with E-state index in [-0.39, 0.29) is 23.6 Å². The van der Waals surface area contributed by atoms with E-state index in [2.05, 4.69) is 10.6 Å². The highest BCUT2D eigenvalue weighted by atomic mass is 19.1. The zero-order valence-electron chi connectivity index (χ0n) is 17.9. The molecule has 3 aromatic rings. The predicted octanol–water partition coefficient (Wildman–Crippen LogP) is 6.20. The van der Waals surface area contributed by atoms with E-state index in [1.165, 1.54) is 12.1 Å². The fourth-order valence-electron chi connectivity index (χ4n) is 4.70. The van der Waals surface area contributed by atoms with Gasteiger partial charge in [-0.3, -0.25) is 4.79 Å². The first-order chi connectivity index (χ1) is 15.6. The lowest BCUT2D eigenvalue weighted by atomic mass is 9.78. The van der Waals surface area contributed by atoms with Crippen LogP contribution < -0.4 is 15.4 Å². The van der Waals surface area contributed by atoms with Crippen molar-refractivity contribution in [3.63, 3.8) is 0 Å². The number of carbonyl (C=O) groups is 1. The van der Waals surface area contributed by atoms with Crippen LogP contribution in [0.15, 0.2) is 84.1 Å². The number of anilines is 2. The summed E-state index contributed by atoms with van der Waals surface area (Å²) in [6, 6.07) is 22.0. The Hall–Kier alpha value is -3.60. The molecule has 3 aromatic carbocycles. The first-order valence-corrected chi connectivity index (χ1v) is 11.0. The number of halogens is 1. The van der Waals surface area contributed by atoms with Crippen molar-refractivity contribution >= 4 is 17.2 Å². The van der Waals surface area contributed by atoms with Crippen molar-refractivity contribution < 1.29 is 13.9 Å². The average molecular weight is 429 g/mol. The molecular formula is C27H25FN2O2. The van der Waals surface area contributed by atoms with Gasteiger partial charge in [0.05, 0.1) is 24.0 Å². The molecule has 0 saturated heterocycles. The summed E-state index contributed by atoms with van der Waals surface area (Å²) in [6.07, 6.45) is 1.06. The van der Waals surface area contributed by atoms with Gasteiger partial charge in [0.1, 0.15) is 11.6 Å². The maximum Gasteiger partial charge on any atom is 0.163 e. The zero-order chi connectivity index (χ0) is 22.1. The normalized spacial score (nSPS) is 19.9. The third kappa shape index (κ3) is 3.75. The molecule has 0 radical (unpaired) electrons. The van der Waals surface area contributed by atoms with E-state index in [0.717, 1.165) is 39.5 Å². The van der Waals surface area contributed by atoms with Gasteiger partial charge in [0, 0.05) is 23.3 Å². The number of fused-ring (bicyclic) bond motifs is 1. The van der Waals surface area contributed by atoms with Crippen molar-refractivity contribution in [3.8, 4) is 5.75 Å². The van der Waals surface area contributed by atoms with Gasteiger partial charge in [-0.15, -0.1) is 0 Å². The minimum atomic E-state index is -0.328. The number of hydrogen-bond donors (Lipinski definition) is 2.